The summed E-state index contributed by atoms with van der Waals surface area (Å²) in [7, 11) is 0. The van der Waals surface area contributed by atoms with Gasteiger partial charge in [0.25, 0.3) is 0 Å². The molecule has 2 unspecified atom stereocenters. The van der Waals surface area contributed by atoms with E-state index in [0.29, 0.717) is 30.0 Å². The van der Waals surface area contributed by atoms with Gasteiger partial charge in [0.1, 0.15) is 11.5 Å². The van der Waals surface area contributed by atoms with Crippen LogP contribution in [0.3, 0.4) is 0 Å². The van der Waals surface area contributed by atoms with E-state index in [1.54, 1.807) is 18.0 Å². The fourth-order valence-electron chi connectivity index (χ4n) is 4.54. The molecule has 172 valence electrons. The Morgan fingerprint density at radius 3 is 2.55 bits per heavy atom. The van der Waals surface area contributed by atoms with Gasteiger partial charge in [-0.3, -0.25) is 4.57 Å². The zero-order valence-electron chi connectivity index (χ0n) is 19.3. The molecule has 1 aromatic carbocycles. The minimum Gasteiger partial charge on any atom is -0.467 e. The van der Waals surface area contributed by atoms with Crippen LogP contribution in [0.15, 0.2) is 62.7 Å². The van der Waals surface area contributed by atoms with Crippen LogP contribution in [0, 0.1) is 18.8 Å². The molecule has 2 atom stereocenters. The first-order chi connectivity index (χ1) is 16.1. The molecule has 1 aliphatic rings. The zero-order chi connectivity index (χ0) is 22.8. The number of piperidine rings is 1. The van der Waals surface area contributed by atoms with Gasteiger partial charge in [-0.15, -0.1) is 10.2 Å². The van der Waals surface area contributed by atoms with E-state index in [9.17, 15) is 0 Å². The minimum atomic E-state index is 0.601. The highest BCUT2D eigenvalue weighted by molar-refractivity contribution is 7.98. The average molecular weight is 464 g/mol. The third-order valence-corrected chi connectivity index (χ3v) is 6.97. The summed E-state index contributed by atoms with van der Waals surface area (Å²) in [6, 6.07) is 13.9. The largest absolute Gasteiger partial charge is 0.467 e. The van der Waals surface area contributed by atoms with Crippen molar-refractivity contribution in [2.24, 2.45) is 11.8 Å². The van der Waals surface area contributed by atoms with Crippen molar-refractivity contribution in [3.8, 4) is 11.5 Å². The predicted molar refractivity (Wildman–Crippen MR) is 129 cm³/mol. The molecule has 0 aliphatic carbocycles. The van der Waals surface area contributed by atoms with Crippen molar-refractivity contribution in [3.05, 3.63) is 65.9 Å². The van der Waals surface area contributed by atoms with Crippen LogP contribution >= 0.6 is 11.8 Å². The van der Waals surface area contributed by atoms with Crippen LogP contribution in [0.5, 0.6) is 0 Å². The number of rotatable bonds is 7. The van der Waals surface area contributed by atoms with Gasteiger partial charge in [-0.25, -0.2) is 4.98 Å². The monoisotopic (exact) mass is 463 g/mol. The molecule has 0 radical (unpaired) electrons. The third-order valence-electron chi connectivity index (χ3n) is 5.99. The van der Waals surface area contributed by atoms with Gasteiger partial charge in [-0.2, -0.15) is 0 Å². The van der Waals surface area contributed by atoms with Crippen molar-refractivity contribution in [3.63, 3.8) is 0 Å². The van der Waals surface area contributed by atoms with E-state index in [1.165, 1.54) is 6.42 Å². The summed E-state index contributed by atoms with van der Waals surface area (Å²) in [6.07, 6.45) is 2.96. The lowest BCUT2D eigenvalue weighted by Gasteiger charge is -2.35. The summed E-state index contributed by atoms with van der Waals surface area (Å²) in [6.45, 7) is 9.17. The van der Waals surface area contributed by atoms with Gasteiger partial charge < -0.3 is 13.7 Å². The highest BCUT2D eigenvalue weighted by Gasteiger charge is 2.27. The summed E-state index contributed by atoms with van der Waals surface area (Å²) < 4.78 is 13.8. The van der Waals surface area contributed by atoms with Gasteiger partial charge in [0.2, 0.25) is 11.8 Å². The Bertz CT molecular complexity index is 1180. The van der Waals surface area contributed by atoms with Crippen LogP contribution in [0.25, 0.3) is 11.5 Å². The Hall–Kier alpha value is -3.00. The Kier molecular flexibility index (Phi) is 6.26. The Balaban J connectivity index is 1.39. The lowest BCUT2D eigenvalue weighted by molar-refractivity contribution is 0.350. The Morgan fingerprint density at radius 1 is 1.03 bits per heavy atom. The maximum Gasteiger partial charge on any atom is 0.228 e. The van der Waals surface area contributed by atoms with Crippen LogP contribution in [-0.4, -0.2) is 32.8 Å². The number of aromatic nitrogens is 4. The van der Waals surface area contributed by atoms with E-state index in [-0.39, 0.29) is 0 Å². The summed E-state index contributed by atoms with van der Waals surface area (Å²) in [5.74, 6) is 5.20. The summed E-state index contributed by atoms with van der Waals surface area (Å²) in [5.41, 5.74) is 1.90. The van der Waals surface area contributed by atoms with E-state index in [2.05, 4.69) is 33.5 Å². The van der Waals surface area contributed by atoms with E-state index in [1.807, 2.05) is 49.4 Å². The van der Waals surface area contributed by atoms with E-state index < -0.39 is 0 Å². The lowest BCUT2D eigenvalue weighted by Crippen LogP contribution is -2.40. The molecule has 0 spiro atoms. The van der Waals surface area contributed by atoms with Crippen molar-refractivity contribution in [1.82, 2.24) is 19.7 Å². The quantitative estimate of drug-likeness (QED) is 0.328. The van der Waals surface area contributed by atoms with E-state index >= 15 is 0 Å². The molecule has 1 fully saturated rings. The van der Waals surface area contributed by atoms with E-state index in [4.69, 9.17) is 13.8 Å². The first kappa shape index (κ1) is 21.8. The number of hydrogen-bond acceptors (Lipinski definition) is 7. The maximum absolute atomic E-state index is 5.94. The Morgan fingerprint density at radius 2 is 1.82 bits per heavy atom. The first-order valence-corrected chi connectivity index (χ1v) is 12.4. The maximum atomic E-state index is 5.94. The van der Waals surface area contributed by atoms with Gasteiger partial charge in [-0.1, -0.05) is 43.8 Å². The fourth-order valence-corrected chi connectivity index (χ4v) is 5.48. The normalized spacial score (nSPS) is 18.7. The molecule has 8 heteroatoms. The minimum absolute atomic E-state index is 0.601. The summed E-state index contributed by atoms with van der Waals surface area (Å²) >= 11 is 1.63. The molecule has 4 heterocycles. The molecule has 0 saturated carbocycles. The van der Waals surface area contributed by atoms with Gasteiger partial charge in [0.15, 0.2) is 5.16 Å². The van der Waals surface area contributed by atoms with Crippen molar-refractivity contribution in [1.29, 1.82) is 0 Å². The van der Waals surface area contributed by atoms with Gasteiger partial charge in [0.05, 0.1) is 18.5 Å². The molecule has 3 aromatic heterocycles. The van der Waals surface area contributed by atoms with Crippen molar-refractivity contribution < 1.29 is 8.83 Å². The second-order valence-electron chi connectivity index (χ2n) is 8.98. The van der Waals surface area contributed by atoms with Crippen LogP contribution in [0.4, 0.5) is 5.95 Å². The van der Waals surface area contributed by atoms with Crippen LogP contribution < -0.4 is 4.90 Å². The molecule has 5 rings (SSSR count). The number of thioether (sulfide) groups is 1. The average Bonchev–Trinajstić information content (AvgIpc) is 3.54. The zero-order valence-corrected chi connectivity index (χ0v) is 20.1. The van der Waals surface area contributed by atoms with Gasteiger partial charge >= 0.3 is 0 Å². The SMILES string of the molecule is Cc1oc(-c2ccccc2)nc1CSc1nnc(N2CC(C)CC(C)C2)n1Cc1ccco1. The van der Waals surface area contributed by atoms with Crippen molar-refractivity contribution in [2.45, 2.75) is 44.6 Å². The third kappa shape index (κ3) is 4.85. The number of nitrogens with zero attached hydrogens (tertiary/aromatic N) is 5. The molecular formula is C25H29N5O2S. The number of oxazole rings is 1. The number of anilines is 1. The Labute approximate surface area is 198 Å². The molecule has 1 aliphatic heterocycles. The van der Waals surface area contributed by atoms with Gasteiger partial charge in [0, 0.05) is 24.4 Å². The fraction of sp³-hybridized carbons (Fsp3) is 0.400. The summed E-state index contributed by atoms with van der Waals surface area (Å²) in [4.78, 5) is 7.11. The molecule has 0 N–H and O–H groups in total. The lowest BCUT2D eigenvalue weighted by atomic mass is 9.92. The second-order valence-corrected chi connectivity index (χ2v) is 9.92. The number of hydrogen-bond donors (Lipinski definition) is 0. The first-order valence-electron chi connectivity index (χ1n) is 11.4. The predicted octanol–water partition coefficient (Wildman–Crippen LogP) is 5.66. The molecule has 1 saturated heterocycles. The molecule has 0 amide bonds. The smallest absolute Gasteiger partial charge is 0.228 e. The van der Waals surface area contributed by atoms with E-state index in [0.717, 1.165) is 47.0 Å². The van der Waals surface area contributed by atoms with Crippen LogP contribution in [-0.2, 0) is 12.3 Å². The highest BCUT2D eigenvalue weighted by atomic mass is 32.2. The highest BCUT2D eigenvalue weighted by Crippen LogP contribution is 2.31. The van der Waals surface area contributed by atoms with Gasteiger partial charge in [-0.05, 0) is 49.4 Å². The van der Waals surface area contributed by atoms with Crippen LogP contribution in [0.2, 0.25) is 0 Å². The van der Waals surface area contributed by atoms with Crippen molar-refractivity contribution >= 4 is 17.7 Å². The molecule has 33 heavy (non-hydrogen) atoms. The second kappa shape index (κ2) is 9.47. The molecule has 4 aromatic rings. The standard InChI is InChI=1S/C25H29N5O2S/c1-17-12-18(2)14-29(13-17)24-27-28-25(30(24)15-21-10-7-11-31-21)33-16-22-19(3)32-23(26-22)20-8-5-4-6-9-20/h4-11,17-18H,12-16H2,1-3H3. The number of furan rings is 1. The molecular weight excluding hydrogens is 434 g/mol. The molecule has 7 nitrogen and oxygen atoms in total. The topological polar surface area (TPSA) is 73.1 Å². The number of aryl methyl sites for hydroxylation is 1. The van der Waals surface area contributed by atoms with Crippen molar-refractivity contribution in [2.75, 3.05) is 18.0 Å². The molecule has 0 bridgehead atoms. The summed E-state index contributed by atoms with van der Waals surface area (Å²) in [5, 5.41) is 10.0. The van der Waals surface area contributed by atoms with Crippen LogP contribution in [0.1, 0.15) is 37.5 Å². The number of benzene rings is 1.